The lowest BCUT2D eigenvalue weighted by molar-refractivity contribution is 0.0932. The van der Waals surface area contributed by atoms with E-state index in [0.29, 0.717) is 12.2 Å². The summed E-state index contributed by atoms with van der Waals surface area (Å²) in [4.78, 5) is 19.2. The number of benzene rings is 1. The molecule has 0 saturated heterocycles. The molecule has 1 aromatic carbocycles. The SMILES string of the molecule is CCC(NC(=O)c1cccc(F)c1Br)c1ncc[nH]1. The first kappa shape index (κ1) is 13.7. The normalized spacial score (nSPS) is 12.2. The monoisotopic (exact) mass is 325 g/mol. The molecule has 1 aromatic heterocycles. The Hall–Kier alpha value is -1.69. The number of imidazole rings is 1. The van der Waals surface area contributed by atoms with Crippen molar-refractivity contribution in [2.24, 2.45) is 0 Å². The Labute approximate surface area is 118 Å². The minimum atomic E-state index is -0.460. The van der Waals surface area contributed by atoms with Crippen LogP contribution in [0.25, 0.3) is 0 Å². The van der Waals surface area contributed by atoms with Gasteiger partial charge >= 0.3 is 0 Å². The van der Waals surface area contributed by atoms with Crippen LogP contribution in [0.4, 0.5) is 4.39 Å². The van der Waals surface area contributed by atoms with Crippen LogP contribution in [0.5, 0.6) is 0 Å². The molecule has 0 fully saturated rings. The zero-order valence-corrected chi connectivity index (χ0v) is 11.9. The molecule has 0 aliphatic rings. The van der Waals surface area contributed by atoms with Gasteiger partial charge in [0.2, 0.25) is 0 Å². The van der Waals surface area contributed by atoms with Gasteiger partial charge in [-0.2, -0.15) is 0 Å². The molecule has 100 valence electrons. The summed E-state index contributed by atoms with van der Waals surface area (Å²) in [6.45, 7) is 1.94. The average Bonchev–Trinajstić information content (AvgIpc) is 2.92. The van der Waals surface area contributed by atoms with Gasteiger partial charge in [-0.1, -0.05) is 13.0 Å². The van der Waals surface area contributed by atoms with Crippen LogP contribution in [0, 0.1) is 5.82 Å². The first-order chi connectivity index (χ1) is 9.13. The standard InChI is InChI=1S/C13H13BrFN3O/c1-2-10(12-16-6-7-17-12)18-13(19)8-4-3-5-9(15)11(8)14/h3-7,10H,2H2,1H3,(H,16,17)(H,18,19). The van der Waals surface area contributed by atoms with Crippen molar-refractivity contribution in [2.75, 3.05) is 0 Å². The molecule has 0 radical (unpaired) electrons. The lowest BCUT2D eigenvalue weighted by Gasteiger charge is -2.15. The van der Waals surface area contributed by atoms with Gasteiger partial charge < -0.3 is 10.3 Å². The Morgan fingerprint density at radius 2 is 2.37 bits per heavy atom. The Bertz CT molecular complexity index is 571. The van der Waals surface area contributed by atoms with Gasteiger partial charge in [0.05, 0.1) is 16.1 Å². The largest absolute Gasteiger partial charge is 0.347 e. The summed E-state index contributed by atoms with van der Waals surface area (Å²) in [5.41, 5.74) is 0.269. The van der Waals surface area contributed by atoms with Crippen LogP contribution < -0.4 is 5.32 Å². The smallest absolute Gasteiger partial charge is 0.253 e. The number of hydrogen-bond acceptors (Lipinski definition) is 2. The maximum atomic E-state index is 13.4. The van der Waals surface area contributed by atoms with E-state index in [4.69, 9.17) is 0 Å². The predicted molar refractivity (Wildman–Crippen MR) is 73.2 cm³/mol. The molecule has 0 bridgehead atoms. The van der Waals surface area contributed by atoms with Crippen molar-refractivity contribution < 1.29 is 9.18 Å². The quantitative estimate of drug-likeness (QED) is 0.906. The molecule has 2 rings (SSSR count). The number of aromatic amines is 1. The van der Waals surface area contributed by atoms with E-state index < -0.39 is 5.82 Å². The van der Waals surface area contributed by atoms with Crippen molar-refractivity contribution in [3.8, 4) is 0 Å². The van der Waals surface area contributed by atoms with E-state index in [2.05, 4.69) is 31.2 Å². The first-order valence-electron chi connectivity index (χ1n) is 5.87. The number of rotatable bonds is 4. The third kappa shape index (κ3) is 3.01. The summed E-state index contributed by atoms with van der Waals surface area (Å²) in [7, 11) is 0. The van der Waals surface area contributed by atoms with E-state index in [1.807, 2.05) is 6.92 Å². The zero-order chi connectivity index (χ0) is 13.8. The van der Waals surface area contributed by atoms with Crippen molar-refractivity contribution >= 4 is 21.8 Å². The molecule has 0 aliphatic heterocycles. The second-order valence-electron chi connectivity index (χ2n) is 4.01. The predicted octanol–water partition coefficient (Wildman–Crippen LogP) is 3.19. The zero-order valence-electron chi connectivity index (χ0n) is 10.3. The van der Waals surface area contributed by atoms with Crippen molar-refractivity contribution in [1.29, 1.82) is 0 Å². The minimum absolute atomic E-state index is 0.168. The van der Waals surface area contributed by atoms with Crippen molar-refractivity contribution in [3.63, 3.8) is 0 Å². The highest BCUT2D eigenvalue weighted by Crippen LogP contribution is 2.21. The summed E-state index contributed by atoms with van der Waals surface area (Å²) in [5, 5.41) is 2.82. The van der Waals surface area contributed by atoms with Crippen LogP contribution in [0.3, 0.4) is 0 Å². The molecule has 0 spiro atoms. The highest BCUT2D eigenvalue weighted by molar-refractivity contribution is 9.10. The Kier molecular flexibility index (Phi) is 4.31. The molecular weight excluding hydrogens is 313 g/mol. The fraction of sp³-hybridized carbons (Fsp3) is 0.231. The van der Waals surface area contributed by atoms with Gasteiger partial charge in [0.25, 0.3) is 5.91 Å². The van der Waals surface area contributed by atoms with E-state index in [0.717, 1.165) is 0 Å². The van der Waals surface area contributed by atoms with Gasteiger partial charge in [-0.05, 0) is 34.5 Å². The van der Waals surface area contributed by atoms with E-state index in [-0.39, 0.29) is 22.0 Å². The molecule has 2 N–H and O–H groups in total. The van der Waals surface area contributed by atoms with E-state index >= 15 is 0 Å². The van der Waals surface area contributed by atoms with E-state index in [1.54, 1.807) is 18.5 Å². The van der Waals surface area contributed by atoms with Crippen LogP contribution >= 0.6 is 15.9 Å². The summed E-state index contributed by atoms with van der Waals surface area (Å²) < 4.78 is 13.6. The van der Waals surface area contributed by atoms with Crippen molar-refractivity contribution in [1.82, 2.24) is 15.3 Å². The fourth-order valence-corrected chi connectivity index (χ4v) is 2.19. The summed E-state index contributed by atoms with van der Waals surface area (Å²) in [6, 6.07) is 4.14. The van der Waals surface area contributed by atoms with Crippen molar-refractivity contribution in [2.45, 2.75) is 19.4 Å². The van der Waals surface area contributed by atoms with Crippen LogP contribution in [0.1, 0.15) is 35.6 Å². The minimum Gasteiger partial charge on any atom is -0.347 e. The number of H-pyrrole nitrogens is 1. The molecule has 4 nitrogen and oxygen atoms in total. The Morgan fingerprint density at radius 3 is 3.00 bits per heavy atom. The Balaban J connectivity index is 2.18. The number of nitrogens with one attached hydrogen (secondary N) is 2. The summed E-state index contributed by atoms with van der Waals surface area (Å²) in [6.07, 6.45) is 4.01. The number of hydrogen-bond donors (Lipinski definition) is 2. The molecule has 1 heterocycles. The third-order valence-corrected chi connectivity index (χ3v) is 3.57. The van der Waals surface area contributed by atoms with Gasteiger partial charge in [0.15, 0.2) is 0 Å². The molecule has 19 heavy (non-hydrogen) atoms. The van der Waals surface area contributed by atoms with Crippen LogP contribution in [-0.2, 0) is 0 Å². The van der Waals surface area contributed by atoms with Gasteiger partial charge in [-0.25, -0.2) is 9.37 Å². The number of aromatic nitrogens is 2. The number of halogens is 2. The second-order valence-corrected chi connectivity index (χ2v) is 4.80. The van der Waals surface area contributed by atoms with Crippen LogP contribution in [-0.4, -0.2) is 15.9 Å². The van der Waals surface area contributed by atoms with Gasteiger partial charge in [0.1, 0.15) is 11.6 Å². The third-order valence-electron chi connectivity index (χ3n) is 2.76. The summed E-state index contributed by atoms with van der Waals surface area (Å²) >= 11 is 3.08. The lowest BCUT2D eigenvalue weighted by Crippen LogP contribution is -2.29. The van der Waals surface area contributed by atoms with Crippen LogP contribution in [0.15, 0.2) is 35.1 Å². The van der Waals surface area contributed by atoms with Gasteiger partial charge in [0, 0.05) is 12.4 Å². The average molecular weight is 326 g/mol. The number of carbonyl (C=O) groups is 1. The molecule has 2 aromatic rings. The second kappa shape index (κ2) is 5.97. The molecule has 0 saturated carbocycles. The highest BCUT2D eigenvalue weighted by atomic mass is 79.9. The number of amides is 1. The van der Waals surface area contributed by atoms with Gasteiger partial charge in [-0.15, -0.1) is 0 Å². The molecule has 6 heteroatoms. The Morgan fingerprint density at radius 1 is 1.58 bits per heavy atom. The first-order valence-corrected chi connectivity index (χ1v) is 6.67. The highest BCUT2D eigenvalue weighted by Gasteiger charge is 2.18. The van der Waals surface area contributed by atoms with Crippen LogP contribution in [0.2, 0.25) is 0 Å². The molecule has 1 amide bonds. The fourth-order valence-electron chi connectivity index (χ4n) is 1.75. The topological polar surface area (TPSA) is 57.8 Å². The van der Waals surface area contributed by atoms with Crippen molar-refractivity contribution in [3.05, 3.63) is 52.3 Å². The van der Waals surface area contributed by atoms with Gasteiger partial charge in [-0.3, -0.25) is 4.79 Å². The lowest BCUT2D eigenvalue weighted by atomic mass is 10.1. The molecular formula is C13H13BrFN3O. The summed E-state index contributed by atoms with van der Waals surface area (Å²) in [5.74, 6) is -0.114. The van der Waals surface area contributed by atoms with E-state index in [9.17, 15) is 9.18 Å². The maximum Gasteiger partial charge on any atom is 0.253 e. The molecule has 1 atom stereocenters. The maximum absolute atomic E-state index is 13.4. The number of carbonyl (C=O) groups excluding carboxylic acids is 1. The molecule has 1 unspecified atom stereocenters. The molecule has 0 aliphatic carbocycles. The number of nitrogens with zero attached hydrogens (tertiary/aromatic N) is 1. The van der Waals surface area contributed by atoms with E-state index in [1.165, 1.54) is 12.1 Å².